The van der Waals surface area contributed by atoms with Gasteiger partial charge >= 0.3 is 6.09 Å². The second-order valence-electron chi connectivity index (χ2n) is 5.44. The summed E-state index contributed by atoms with van der Waals surface area (Å²) in [6.45, 7) is 5.97. The van der Waals surface area contributed by atoms with Crippen LogP contribution in [-0.4, -0.2) is 12.7 Å². The van der Waals surface area contributed by atoms with Crippen LogP contribution in [0.25, 0.3) is 0 Å². The summed E-state index contributed by atoms with van der Waals surface area (Å²) in [5.41, 5.74) is 3.21. The van der Waals surface area contributed by atoms with Crippen LogP contribution in [0.3, 0.4) is 0 Å². The second-order valence-corrected chi connectivity index (χ2v) is 5.44. The number of fused-ring (bicyclic) bond motifs is 1. The van der Waals surface area contributed by atoms with E-state index in [1.165, 1.54) is 5.56 Å². The van der Waals surface area contributed by atoms with Gasteiger partial charge in [-0.1, -0.05) is 68.1 Å². The maximum absolute atomic E-state index is 12.6. The molecule has 0 spiro atoms. The third-order valence-electron chi connectivity index (χ3n) is 4.10. The lowest BCUT2D eigenvalue weighted by Crippen LogP contribution is -2.33. The van der Waals surface area contributed by atoms with Gasteiger partial charge in [-0.2, -0.15) is 0 Å². The Morgan fingerprint density at radius 1 is 1.18 bits per heavy atom. The minimum atomic E-state index is -0.328. The molecule has 22 heavy (non-hydrogen) atoms. The molecular weight excluding hydrogens is 274 g/mol. The highest BCUT2D eigenvalue weighted by molar-refractivity contribution is 5.92. The van der Waals surface area contributed by atoms with Gasteiger partial charge in [-0.05, 0) is 17.2 Å². The van der Waals surface area contributed by atoms with Crippen molar-refractivity contribution in [1.82, 2.24) is 0 Å². The Kier molecular flexibility index (Phi) is 3.96. The molecule has 0 unspecified atom stereocenters. The molecule has 2 aromatic rings. The predicted octanol–water partition coefficient (Wildman–Crippen LogP) is 4.67. The van der Waals surface area contributed by atoms with Gasteiger partial charge in [0, 0.05) is 5.92 Å². The summed E-state index contributed by atoms with van der Waals surface area (Å²) in [4.78, 5) is 14.3. The van der Waals surface area contributed by atoms with Crippen LogP contribution in [-0.2, 0) is 4.74 Å². The topological polar surface area (TPSA) is 29.5 Å². The fraction of sp³-hybridized carbons (Fsp3) is 0.211. The number of ether oxygens (including phenoxy) is 1. The van der Waals surface area contributed by atoms with Crippen LogP contribution in [0.1, 0.15) is 30.0 Å². The summed E-state index contributed by atoms with van der Waals surface area (Å²) in [5, 5.41) is 0. The third-order valence-corrected chi connectivity index (χ3v) is 4.10. The van der Waals surface area contributed by atoms with Gasteiger partial charge in [-0.25, -0.2) is 4.79 Å². The molecule has 112 valence electrons. The number of nitrogens with zero attached hydrogens (tertiary/aromatic N) is 1. The average molecular weight is 293 g/mol. The lowest BCUT2D eigenvalue weighted by atomic mass is 9.92. The van der Waals surface area contributed by atoms with Gasteiger partial charge in [0.05, 0.1) is 11.7 Å². The number of rotatable bonds is 3. The molecule has 0 aromatic heterocycles. The quantitative estimate of drug-likeness (QED) is 0.769. The zero-order valence-electron chi connectivity index (χ0n) is 12.6. The van der Waals surface area contributed by atoms with E-state index in [4.69, 9.17) is 4.74 Å². The number of para-hydroxylation sites is 1. The Morgan fingerprint density at radius 3 is 2.59 bits per heavy atom. The molecule has 0 saturated carbocycles. The van der Waals surface area contributed by atoms with Crippen molar-refractivity contribution in [2.75, 3.05) is 11.5 Å². The fourth-order valence-electron chi connectivity index (χ4n) is 3.14. The maximum Gasteiger partial charge on any atom is 0.415 e. The number of hydrogen-bond acceptors (Lipinski definition) is 2. The number of carbonyl (C=O) groups is 1. The van der Waals surface area contributed by atoms with Crippen molar-refractivity contribution in [3.8, 4) is 0 Å². The highest BCUT2D eigenvalue weighted by Crippen LogP contribution is 2.48. The lowest BCUT2D eigenvalue weighted by Gasteiger charge is -2.27. The zero-order valence-corrected chi connectivity index (χ0v) is 12.6. The highest BCUT2D eigenvalue weighted by atomic mass is 16.6. The van der Waals surface area contributed by atoms with Crippen molar-refractivity contribution >= 4 is 11.8 Å². The number of anilines is 1. The Hall–Kier alpha value is -2.55. The minimum absolute atomic E-state index is 0.0454. The van der Waals surface area contributed by atoms with Crippen LogP contribution < -0.4 is 4.90 Å². The van der Waals surface area contributed by atoms with Crippen LogP contribution in [0, 0.1) is 0 Å². The molecule has 0 fully saturated rings. The molecular formula is C19H19NO2. The number of hydrogen-bond donors (Lipinski definition) is 0. The largest absolute Gasteiger partial charge is 0.445 e. The molecule has 3 nitrogen and oxygen atoms in total. The zero-order chi connectivity index (χ0) is 15.5. The Balaban J connectivity index is 2.04. The smallest absolute Gasteiger partial charge is 0.415 e. The van der Waals surface area contributed by atoms with Crippen molar-refractivity contribution in [3.05, 3.63) is 78.4 Å². The average Bonchev–Trinajstić information content (AvgIpc) is 2.87. The highest BCUT2D eigenvalue weighted by Gasteiger charge is 2.40. The molecule has 0 radical (unpaired) electrons. The molecule has 1 aliphatic heterocycles. The van der Waals surface area contributed by atoms with E-state index in [-0.39, 0.29) is 24.7 Å². The van der Waals surface area contributed by atoms with Crippen molar-refractivity contribution in [1.29, 1.82) is 0 Å². The van der Waals surface area contributed by atoms with E-state index in [2.05, 4.69) is 31.7 Å². The molecule has 3 heteroatoms. The van der Waals surface area contributed by atoms with Gasteiger partial charge in [0.2, 0.25) is 0 Å². The first kappa shape index (κ1) is 14.4. The van der Waals surface area contributed by atoms with Crippen LogP contribution in [0.4, 0.5) is 10.5 Å². The molecule has 1 heterocycles. The van der Waals surface area contributed by atoms with Gasteiger partial charge in [0.15, 0.2) is 0 Å². The fourth-order valence-corrected chi connectivity index (χ4v) is 3.14. The maximum atomic E-state index is 12.6. The van der Waals surface area contributed by atoms with Crippen LogP contribution >= 0.6 is 0 Å². The number of carbonyl (C=O) groups excluding carboxylic acids is 1. The molecule has 0 aliphatic carbocycles. The first-order chi connectivity index (χ1) is 10.7. The normalized spacial score (nSPS) is 19.6. The van der Waals surface area contributed by atoms with E-state index in [0.29, 0.717) is 0 Å². The van der Waals surface area contributed by atoms with E-state index in [1.54, 1.807) is 11.0 Å². The van der Waals surface area contributed by atoms with E-state index >= 15 is 0 Å². The summed E-state index contributed by atoms with van der Waals surface area (Å²) >= 11 is 0. The first-order valence-electron chi connectivity index (χ1n) is 7.44. The van der Waals surface area contributed by atoms with Crippen LogP contribution in [0.15, 0.2) is 67.3 Å². The van der Waals surface area contributed by atoms with E-state index in [1.807, 2.05) is 36.4 Å². The van der Waals surface area contributed by atoms with Crippen molar-refractivity contribution < 1.29 is 9.53 Å². The summed E-state index contributed by atoms with van der Waals surface area (Å²) in [6, 6.07) is 18.1. The van der Waals surface area contributed by atoms with Gasteiger partial charge in [0.1, 0.15) is 6.61 Å². The van der Waals surface area contributed by atoms with Crippen molar-refractivity contribution in [3.63, 3.8) is 0 Å². The molecule has 2 aromatic carbocycles. The molecule has 0 N–H and O–H groups in total. The van der Waals surface area contributed by atoms with Crippen molar-refractivity contribution in [2.24, 2.45) is 0 Å². The predicted molar refractivity (Wildman–Crippen MR) is 88.1 cm³/mol. The molecule has 1 amide bonds. The lowest BCUT2D eigenvalue weighted by molar-refractivity contribution is 0.163. The summed E-state index contributed by atoms with van der Waals surface area (Å²) < 4.78 is 5.30. The molecule has 3 rings (SSSR count). The van der Waals surface area contributed by atoms with Gasteiger partial charge in [-0.15, -0.1) is 0 Å². The van der Waals surface area contributed by atoms with E-state index in [9.17, 15) is 4.79 Å². The Morgan fingerprint density at radius 2 is 1.86 bits per heavy atom. The van der Waals surface area contributed by atoms with Gasteiger partial charge in [-0.3, -0.25) is 4.90 Å². The Bertz CT molecular complexity index is 681. The standard InChI is InChI=1S/C19H19NO2/c1-3-13-22-19(21)20-17-12-8-7-11-16(17)14(2)18(20)15-9-5-4-6-10-15/h3-12,14,18H,1,13H2,2H3/t14-,18+/m1/s1. The van der Waals surface area contributed by atoms with E-state index < -0.39 is 0 Å². The van der Waals surface area contributed by atoms with E-state index in [0.717, 1.165) is 11.3 Å². The molecule has 0 bridgehead atoms. The minimum Gasteiger partial charge on any atom is -0.445 e. The summed E-state index contributed by atoms with van der Waals surface area (Å²) in [6.07, 6.45) is 1.26. The third kappa shape index (κ3) is 2.39. The monoisotopic (exact) mass is 293 g/mol. The van der Waals surface area contributed by atoms with Crippen LogP contribution in [0.2, 0.25) is 0 Å². The SMILES string of the molecule is C=CCOC(=O)N1c2ccccc2[C@@H](C)[C@H]1c1ccccc1. The number of amides is 1. The van der Waals surface area contributed by atoms with Gasteiger partial charge < -0.3 is 4.74 Å². The number of benzene rings is 2. The second kappa shape index (κ2) is 6.06. The summed E-state index contributed by atoms with van der Waals surface area (Å²) in [5.74, 6) is 0.217. The van der Waals surface area contributed by atoms with Gasteiger partial charge in [0.25, 0.3) is 0 Å². The van der Waals surface area contributed by atoms with Crippen molar-refractivity contribution in [2.45, 2.75) is 18.9 Å². The Labute approximate surface area is 130 Å². The molecule has 1 aliphatic rings. The van der Waals surface area contributed by atoms with Crippen LogP contribution in [0.5, 0.6) is 0 Å². The molecule has 0 saturated heterocycles. The first-order valence-corrected chi connectivity index (χ1v) is 7.44. The molecule has 2 atom stereocenters. The summed E-state index contributed by atoms with van der Waals surface area (Å²) in [7, 11) is 0.